The standard InChI is InChI=1S/C11H13F4N/c1-7-2-3-9(12)8(6-7)10(16)4-5-11(13,14)15/h2-3,6,10H,4-5,16H2,1H3/t10-/m1/s1. The molecule has 0 fully saturated rings. The topological polar surface area (TPSA) is 26.0 Å². The molecule has 2 N–H and O–H groups in total. The molecule has 0 spiro atoms. The molecule has 0 unspecified atom stereocenters. The molecule has 0 aliphatic heterocycles. The third-order valence-corrected chi connectivity index (χ3v) is 2.29. The lowest BCUT2D eigenvalue weighted by atomic mass is 10.0. The van der Waals surface area contributed by atoms with E-state index in [2.05, 4.69) is 0 Å². The first-order chi connectivity index (χ1) is 7.29. The minimum atomic E-state index is -4.25. The number of alkyl halides is 3. The molecule has 0 aliphatic rings. The molecule has 5 heteroatoms. The van der Waals surface area contributed by atoms with E-state index in [-0.39, 0.29) is 12.0 Å². The van der Waals surface area contributed by atoms with Gasteiger partial charge in [-0.25, -0.2) is 4.39 Å². The molecule has 0 aromatic heterocycles. The maximum Gasteiger partial charge on any atom is 0.389 e. The Bertz CT molecular complexity index is 359. The maximum atomic E-state index is 13.3. The zero-order chi connectivity index (χ0) is 12.3. The van der Waals surface area contributed by atoms with Gasteiger partial charge in [-0.2, -0.15) is 13.2 Å². The van der Waals surface area contributed by atoms with Gasteiger partial charge in [0.15, 0.2) is 0 Å². The summed E-state index contributed by atoms with van der Waals surface area (Å²) in [6, 6.07) is 3.34. The van der Waals surface area contributed by atoms with E-state index in [4.69, 9.17) is 5.73 Å². The molecular formula is C11H13F4N. The van der Waals surface area contributed by atoms with Crippen LogP contribution in [0.1, 0.15) is 30.0 Å². The largest absolute Gasteiger partial charge is 0.389 e. The molecule has 1 rings (SSSR count). The maximum absolute atomic E-state index is 13.3. The summed E-state index contributed by atoms with van der Waals surface area (Å²) >= 11 is 0. The zero-order valence-corrected chi connectivity index (χ0v) is 8.81. The molecular weight excluding hydrogens is 222 g/mol. The average molecular weight is 235 g/mol. The number of halogens is 4. The van der Waals surface area contributed by atoms with Crippen LogP contribution in [0.2, 0.25) is 0 Å². The molecule has 1 nitrogen and oxygen atoms in total. The van der Waals surface area contributed by atoms with Crippen LogP contribution in [0.25, 0.3) is 0 Å². The molecule has 1 atom stereocenters. The van der Waals surface area contributed by atoms with E-state index in [0.717, 1.165) is 5.56 Å². The first-order valence-corrected chi connectivity index (χ1v) is 4.88. The van der Waals surface area contributed by atoms with Crippen molar-refractivity contribution in [3.63, 3.8) is 0 Å². The Kier molecular flexibility index (Phi) is 3.91. The van der Waals surface area contributed by atoms with Crippen molar-refractivity contribution in [2.45, 2.75) is 32.0 Å². The Balaban J connectivity index is 2.73. The number of aryl methyl sites for hydroxylation is 1. The first-order valence-electron chi connectivity index (χ1n) is 4.88. The van der Waals surface area contributed by atoms with Crippen LogP contribution < -0.4 is 5.73 Å². The number of benzene rings is 1. The van der Waals surface area contributed by atoms with E-state index in [0.29, 0.717) is 0 Å². The second-order valence-corrected chi connectivity index (χ2v) is 3.79. The van der Waals surface area contributed by atoms with Gasteiger partial charge >= 0.3 is 6.18 Å². The van der Waals surface area contributed by atoms with Crippen molar-refractivity contribution in [2.24, 2.45) is 5.73 Å². The molecule has 0 saturated carbocycles. The molecule has 90 valence electrons. The van der Waals surface area contributed by atoms with Gasteiger partial charge < -0.3 is 5.73 Å². The summed E-state index contributed by atoms with van der Waals surface area (Å²) < 4.78 is 49.2. The van der Waals surface area contributed by atoms with Crippen LogP contribution in [0.15, 0.2) is 18.2 Å². The minimum absolute atomic E-state index is 0.143. The van der Waals surface area contributed by atoms with Crippen LogP contribution in [-0.4, -0.2) is 6.18 Å². The predicted octanol–water partition coefficient (Wildman–Crippen LogP) is 3.48. The summed E-state index contributed by atoms with van der Waals surface area (Å²) in [7, 11) is 0. The average Bonchev–Trinajstić information content (AvgIpc) is 2.17. The van der Waals surface area contributed by atoms with Crippen LogP contribution in [0.5, 0.6) is 0 Å². The smallest absolute Gasteiger partial charge is 0.324 e. The van der Waals surface area contributed by atoms with Crippen molar-refractivity contribution in [1.29, 1.82) is 0 Å². The number of nitrogens with two attached hydrogens (primary N) is 1. The number of hydrogen-bond acceptors (Lipinski definition) is 1. The van der Waals surface area contributed by atoms with Crippen LogP contribution in [0, 0.1) is 12.7 Å². The molecule has 0 bridgehead atoms. The van der Waals surface area contributed by atoms with Gasteiger partial charge in [0, 0.05) is 18.0 Å². The van der Waals surface area contributed by atoms with E-state index < -0.39 is 24.5 Å². The van der Waals surface area contributed by atoms with Gasteiger partial charge in [-0.15, -0.1) is 0 Å². The third kappa shape index (κ3) is 3.81. The van der Waals surface area contributed by atoms with Crippen molar-refractivity contribution in [3.8, 4) is 0 Å². The lowest BCUT2D eigenvalue weighted by Crippen LogP contribution is -2.17. The summed E-state index contributed by atoms with van der Waals surface area (Å²) in [4.78, 5) is 0. The molecule has 1 aromatic carbocycles. The Morgan fingerprint density at radius 2 is 1.94 bits per heavy atom. The lowest BCUT2D eigenvalue weighted by Gasteiger charge is -2.14. The quantitative estimate of drug-likeness (QED) is 0.797. The summed E-state index contributed by atoms with van der Waals surface area (Å²) in [5, 5.41) is 0. The van der Waals surface area contributed by atoms with Gasteiger partial charge in [0.25, 0.3) is 0 Å². The second-order valence-electron chi connectivity index (χ2n) is 3.79. The highest BCUT2D eigenvalue weighted by Gasteiger charge is 2.28. The monoisotopic (exact) mass is 235 g/mol. The highest BCUT2D eigenvalue weighted by atomic mass is 19.4. The lowest BCUT2D eigenvalue weighted by molar-refractivity contribution is -0.136. The minimum Gasteiger partial charge on any atom is -0.324 e. The Labute approximate surface area is 91.3 Å². The summed E-state index contributed by atoms with van der Waals surface area (Å²) in [5.74, 6) is -0.555. The SMILES string of the molecule is Cc1ccc(F)c([C@H](N)CCC(F)(F)F)c1. The van der Waals surface area contributed by atoms with Crippen molar-refractivity contribution in [1.82, 2.24) is 0 Å². The first kappa shape index (κ1) is 13.0. The van der Waals surface area contributed by atoms with Crippen LogP contribution in [0.3, 0.4) is 0 Å². The van der Waals surface area contributed by atoms with Gasteiger partial charge in [0.1, 0.15) is 5.82 Å². The van der Waals surface area contributed by atoms with Gasteiger partial charge in [-0.05, 0) is 19.4 Å². The molecule has 1 aromatic rings. The van der Waals surface area contributed by atoms with Gasteiger partial charge in [-0.3, -0.25) is 0 Å². The fourth-order valence-corrected chi connectivity index (χ4v) is 1.42. The van der Waals surface area contributed by atoms with E-state index >= 15 is 0 Å². The second kappa shape index (κ2) is 4.82. The summed E-state index contributed by atoms with van der Waals surface area (Å²) in [5.41, 5.74) is 6.45. The third-order valence-electron chi connectivity index (χ3n) is 2.29. The van der Waals surface area contributed by atoms with Crippen molar-refractivity contribution < 1.29 is 17.6 Å². The van der Waals surface area contributed by atoms with E-state index in [1.807, 2.05) is 0 Å². The molecule has 0 aliphatic carbocycles. The van der Waals surface area contributed by atoms with Gasteiger partial charge in [0.2, 0.25) is 0 Å². The summed E-state index contributed by atoms with van der Waals surface area (Å²) in [6.07, 6.45) is -5.55. The molecule has 0 heterocycles. The van der Waals surface area contributed by atoms with Gasteiger partial charge in [-0.1, -0.05) is 17.7 Å². The molecule has 0 radical (unpaired) electrons. The zero-order valence-electron chi connectivity index (χ0n) is 8.81. The van der Waals surface area contributed by atoms with Crippen molar-refractivity contribution in [2.75, 3.05) is 0 Å². The molecule has 0 saturated heterocycles. The Hall–Kier alpha value is -1.10. The van der Waals surface area contributed by atoms with Crippen LogP contribution >= 0.6 is 0 Å². The van der Waals surface area contributed by atoms with Crippen LogP contribution in [0.4, 0.5) is 17.6 Å². The van der Waals surface area contributed by atoms with E-state index in [1.54, 1.807) is 13.0 Å². The van der Waals surface area contributed by atoms with Crippen LogP contribution in [-0.2, 0) is 0 Å². The predicted molar refractivity (Wildman–Crippen MR) is 53.4 cm³/mol. The fourth-order valence-electron chi connectivity index (χ4n) is 1.42. The Morgan fingerprint density at radius 1 is 1.31 bits per heavy atom. The summed E-state index contributed by atoms with van der Waals surface area (Å²) in [6.45, 7) is 1.74. The van der Waals surface area contributed by atoms with Crippen molar-refractivity contribution >= 4 is 0 Å². The highest BCUT2D eigenvalue weighted by Crippen LogP contribution is 2.27. The molecule has 16 heavy (non-hydrogen) atoms. The number of hydrogen-bond donors (Lipinski definition) is 1. The Morgan fingerprint density at radius 3 is 2.50 bits per heavy atom. The van der Waals surface area contributed by atoms with E-state index in [9.17, 15) is 17.6 Å². The fraction of sp³-hybridized carbons (Fsp3) is 0.455. The number of rotatable bonds is 3. The van der Waals surface area contributed by atoms with Crippen molar-refractivity contribution in [3.05, 3.63) is 35.1 Å². The normalized spacial score (nSPS) is 13.9. The highest BCUT2D eigenvalue weighted by molar-refractivity contribution is 5.26. The van der Waals surface area contributed by atoms with E-state index in [1.165, 1.54) is 12.1 Å². The van der Waals surface area contributed by atoms with Gasteiger partial charge in [0.05, 0.1) is 0 Å². The molecule has 0 amide bonds.